The number of carbonyl (C=O) groups is 3. The lowest BCUT2D eigenvalue weighted by Gasteiger charge is -2.08. The molecule has 1 heterocycles. The molecule has 3 amide bonds. The smallest absolute Gasteiger partial charge is 0.410 e. The highest BCUT2D eigenvalue weighted by Gasteiger charge is 2.17. The van der Waals surface area contributed by atoms with Crippen LogP contribution in [0.3, 0.4) is 0 Å². The minimum Gasteiger partial charge on any atom is -0.465 e. The molecule has 0 aromatic carbocycles. The molecular formula is C8H9N3O5S. The lowest BCUT2D eigenvalue weighted by atomic mass is 10.3. The number of carbonyl (C=O) groups excluding carboxylic acids is 2. The number of nitrogens with one attached hydrogen (secondary N) is 1. The van der Waals surface area contributed by atoms with Gasteiger partial charge >= 0.3 is 6.09 Å². The van der Waals surface area contributed by atoms with Gasteiger partial charge < -0.3 is 5.11 Å². The highest BCUT2D eigenvalue weighted by atomic mass is 32.1. The van der Waals surface area contributed by atoms with E-state index in [1.54, 1.807) is 0 Å². The Bertz CT molecular complexity index is 458. The predicted octanol–water partition coefficient (Wildman–Crippen LogP) is 0.540. The molecule has 0 aliphatic carbocycles. The second-order valence-corrected chi connectivity index (χ2v) is 3.83. The van der Waals surface area contributed by atoms with E-state index in [-0.39, 0.29) is 22.3 Å². The minimum absolute atomic E-state index is 0.0103. The largest absolute Gasteiger partial charge is 0.465 e. The summed E-state index contributed by atoms with van der Waals surface area (Å²) in [6.07, 6.45) is -1.54. The first-order valence-electron chi connectivity index (χ1n) is 4.37. The average molecular weight is 259 g/mol. The van der Waals surface area contributed by atoms with Gasteiger partial charge in [-0.05, 0) is 0 Å². The molecule has 0 spiro atoms. The van der Waals surface area contributed by atoms with Crippen molar-refractivity contribution in [3.63, 3.8) is 0 Å². The fourth-order valence-corrected chi connectivity index (χ4v) is 1.64. The van der Waals surface area contributed by atoms with Gasteiger partial charge in [-0.2, -0.15) is 5.06 Å². The van der Waals surface area contributed by atoms with Crippen LogP contribution in [-0.4, -0.2) is 38.3 Å². The number of anilines is 1. The third-order valence-electron chi connectivity index (χ3n) is 1.63. The first-order chi connectivity index (χ1) is 7.90. The summed E-state index contributed by atoms with van der Waals surface area (Å²) in [6, 6.07) is 0. The summed E-state index contributed by atoms with van der Waals surface area (Å²) in [6.45, 7) is 1.04. The predicted molar refractivity (Wildman–Crippen MR) is 56.8 cm³/mol. The Morgan fingerprint density at radius 3 is 2.71 bits per heavy atom. The summed E-state index contributed by atoms with van der Waals surface area (Å²) < 4.78 is 0. The molecule has 0 radical (unpaired) electrons. The number of thiazole rings is 1. The summed E-state index contributed by atoms with van der Waals surface area (Å²) in [5.74, 6) is -1.63. The minimum atomic E-state index is -1.26. The molecule has 0 fully saturated rings. The maximum atomic E-state index is 11.3. The van der Waals surface area contributed by atoms with E-state index in [1.807, 2.05) is 5.32 Å². The second kappa shape index (κ2) is 5.37. The van der Waals surface area contributed by atoms with Crippen molar-refractivity contribution in [3.8, 4) is 0 Å². The third kappa shape index (κ3) is 3.81. The van der Waals surface area contributed by atoms with Crippen LogP contribution in [0.25, 0.3) is 0 Å². The normalized spacial score (nSPS) is 9.76. The van der Waals surface area contributed by atoms with E-state index < -0.39 is 17.9 Å². The molecule has 0 bridgehead atoms. The molecule has 0 aliphatic rings. The van der Waals surface area contributed by atoms with Gasteiger partial charge in [-0.25, -0.2) is 9.78 Å². The second-order valence-electron chi connectivity index (χ2n) is 2.98. The highest BCUT2D eigenvalue weighted by molar-refractivity contribution is 7.13. The van der Waals surface area contributed by atoms with E-state index in [0.29, 0.717) is 0 Å². The quantitative estimate of drug-likeness (QED) is 0.538. The van der Waals surface area contributed by atoms with Crippen LogP contribution in [0.1, 0.15) is 12.6 Å². The zero-order valence-corrected chi connectivity index (χ0v) is 9.52. The van der Waals surface area contributed by atoms with Gasteiger partial charge in [0.15, 0.2) is 5.13 Å². The number of hydroxylamine groups is 2. The van der Waals surface area contributed by atoms with E-state index in [0.717, 1.165) is 18.3 Å². The third-order valence-corrected chi connectivity index (χ3v) is 2.44. The van der Waals surface area contributed by atoms with Crippen molar-refractivity contribution >= 4 is 34.4 Å². The van der Waals surface area contributed by atoms with Gasteiger partial charge in [-0.15, -0.1) is 11.3 Å². The van der Waals surface area contributed by atoms with Gasteiger partial charge in [-0.3, -0.25) is 20.1 Å². The van der Waals surface area contributed by atoms with Gasteiger partial charge in [0.1, 0.15) is 0 Å². The Morgan fingerprint density at radius 1 is 1.53 bits per heavy atom. The van der Waals surface area contributed by atoms with Crippen LogP contribution in [0.2, 0.25) is 0 Å². The van der Waals surface area contributed by atoms with Crippen molar-refractivity contribution < 1.29 is 24.7 Å². The highest BCUT2D eigenvalue weighted by Crippen LogP contribution is 2.15. The molecule has 17 heavy (non-hydrogen) atoms. The number of rotatable bonds is 3. The maximum Gasteiger partial charge on any atom is 0.410 e. The molecule has 1 aromatic heterocycles. The molecule has 8 nitrogen and oxygen atoms in total. The van der Waals surface area contributed by atoms with Crippen molar-refractivity contribution in [2.75, 3.05) is 5.32 Å². The molecular weight excluding hydrogens is 250 g/mol. The topological polar surface area (TPSA) is 120 Å². The van der Waals surface area contributed by atoms with Crippen molar-refractivity contribution in [2.45, 2.75) is 13.3 Å². The van der Waals surface area contributed by atoms with E-state index in [9.17, 15) is 14.4 Å². The molecule has 0 unspecified atom stereocenters. The number of carboxylic acid groups (broad SMARTS) is 1. The molecule has 0 saturated heterocycles. The van der Waals surface area contributed by atoms with Crippen LogP contribution in [0.4, 0.5) is 9.93 Å². The van der Waals surface area contributed by atoms with Crippen LogP contribution in [0, 0.1) is 0 Å². The Kier molecular flexibility index (Phi) is 4.12. The Labute approximate surface area is 99.5 Å². The monoisotopic (exact) mass is 259 g/mol. The van der Waals surface area contributed by atoms with Crippen LogP contribution < -0.4 is 5.32 Å². The number of aromatic nitrogens is 1. The first kappa shape index (κ1) is 13.1. The molecule has 1 rings (SSSR count). The lowest BCUT2D eigenvalue weighted by Crippen LogP contribution is -2.33. The maximum absolute atomic E-state index is 11.3. The molecule has 0 aliphatic heterocycles. The number of imide groups is 1. The molecule has 92 valence electrons. The Morgan fingerprint density at radius 2 is 2.18 bits per heavy atom. The molecule has 0 atom stereocenters. The van der Waals surface area contributed by atoms with E-state index >= 15 is 0 Å². The zero-order chi connectivity index (χ0) is 13.0. The lowest BCUT2D eigenvalue weighted by molar-refractivity contribution is -0.176. The van der Waals surface area contributed by atoms with E-state index in [1.165, 1.54) is 5.38 Å². The van der Waals surface area contributed by atoms with Crippen molar-refractivity contribution in [2.24, 2.45) is 0 Å². The number of hydrogen-bond donors (Lipinski definition) is 3. The zero-order valence-electron chi connectivity index (χ0n) is 8.71. The Hall–Kier alpha value is -2.00. The first-order valence-corrected chi connectivity index (χ1v) is 5.25. The molecule has 1 aromatic rings. The van der Waals surface area contributed by atoms with Crippen molar-refractivity contribution in [1.82, 2.24) is 10.0 Å². The fraction of sp³-hybridized carbons (Fsp3) is 0.250. The number of hydrogen-bond acceptors (Lipinski definition) is 6. The van der Waals surface area contributed by atoms with Crippen LogP contribution in [0.15, 0.2) is 5.38 Å². The number of nitrogens with zero attached hydrogens (tertiary/aromatic N) is 2. The van der Waals surface area contributed by atoms with Gasteiger partial charge in [-0.1, -0.05) is 0 Å². The summed E-state index contributed by atoms with van der Waals surface area (Å²) >= 11 is 1.000. The standard InChI is InChI=1S/C8H9N3O5S/c1-4(12)11(16)6(13)2-5-3-17-7(9-5)10-8(14)15/h3,16H,2H2,1H3,(H,9,10)(H,14,15). The van der Waals surface area contributed by atoms with Crippen LogP contribution >= 0.6 is 11.3 Å². The van der Waals surface area contributed by atoms with Gasteiger partial charge in [0.25, 0.3) is 5.91 Å². The van der Waals surface area contributed by atoms with Crippen LogP contribution in [0.5, 0.6) is 0 Å². The van der Waals surface area contributed by atoms with E-state index in [2.05, 4.69) is 4.98 Å². The van der Waals surface area contributed by atoms with Gasteiger partial charge in [0, 0.05) is 12.3 Å². The van der Waals surface area contributed by atoms with Gasteiger partial charge in [0.2, 0.25) is 5.91 Å². The fourth-order valence-electron chi connectivity index (χ4n) is 0.942. The molecule has 9 heteroatoms. The summed E-state index contributed by atoms with van der Waals surface area (Å²) in [5, 5.41) is 21.0. The molecule has 3 N–H and O–H groups in total. The van der Waals surface area contributed by atoms with Gasteiger partial charge in [0.05, 0.1) is 12.1 Å². The molecule has 0 saturated carbocycles. The van der Waals surface area contributed by atoms with Crippen molar-refractivity contribution in [1.29, 1.82) is 0 Å². The summed E-state index contributed by atoms with van der Waals surface area (Å²) in [7, 11) is 0. The average Bonchev–Trinajstić information content (AvgIpc) is 2.63. The van der Waals surface area contributed by atoms with Crippen LogP contribution in [-0.2, 0) is 16.0 Å². The SMILES string of the molecule is CC(=O)N(O)C(=O)Cc1csc(NC(=O)O)n1. The van der Waals surface area contributed by atoms with Crippen molar-refractivity contribution in [3.05, 3.63) is 11.1 Å². The number of amides is 3. The Balaban J connectivity index is 2.63. The van der Waals surface area contributed by atoms with E-state index in [4.69, 9.17) is 10.3 Å². The summed E-state index contributed by atoms with van der Waals surface area (Å²) in [4.78, 5) is 36.0. The summed E-state index contributed by atoms with van der Waals surface area (Å²) in [5.41, 5.74) is 0.268.